The van der Waals surface area contributed by atoms with Crippen LogP contribution in [0.4, 0.5) is 0 Å². The second-order valence-electron chi connectivity index (χ2n) is 6.27. The molecular formula is C17H21NO6S3. The van der Waals surface area contributed by atoms with E-state index in [-0.39, 0.29) is 15.7 Å². The molecule has 7 nitrogen and oxygen atoms in total. The highest BCUT2D eigenvalue weighted by atomic mass is 32.2. The van der Waals surface area contributed by atoms with Gasteiger partial charge in [-0.3, -0.25) is 0 Å². The molecule has 2 atom stereocenters. The van der Waals surface area contributed by atoms with Gasteiger partial charge in [-0.05, 0) is 29.1 Å². The average molecular weight is 432 g/mol. The summed E-state index contributed by atoms with van der Waals surface area (Å²) >= 11 is 1.10. The van der Waals surface area contributed by atoms with Crippen LogP contribution in [0.2, 0.25) is 0 Å². The van der Waals surface area contributed by atoms with Crippen LogP contribution >= 0.6 is 11.3 Å². The topological polar surface area (TPSA) is 98.8 Å². The maximum absolute atomic E-state index is 12.9. The lowest BCUT2D eigenvalue weighted by molar-refractivity contribution is 0.354. The normalized spacial score (nSPS) is 21.9. The number of thiophene rings is 1. The van der Waals surface area contributed by atoms with Crippen molar-refractivity contribution in [3.8, 4) is 11.5 Å². The summed E-state index contributed by atoms with van der Waals surface area (Å²) in [5, 5.41) is 3.78. The van der Waals surface area contributed by atoms with Crippen LogP contribution in [0, 0.1) is 0 Å². The van der Waals surface area contributed by atoms with Crippen molar-refractivity contribution in [2.75, 3.05) is 25.7 Å². The van der Waals surface area contributed by atoms with Crippen molar-refractivity contribution in [3.63, 3.8) is 0 Å². The zero-order valence-electron chi connectivity index (χ0n) is 14.9. The Kier molecular flexibility index (Phi) is 5.80. The summed E-state index contributed by atoms with van der Waals surface area (Å²) in [4.78, 5) is 0. The fraction of sp³-hybridized carbons (Fsp3) is 0.412. The second kappa shape index (κ2) is 7.78. The highest BCUT2D eigenvalue weighted by Crippen LogP contribution is 2.30. The van der Waals surface area contributed by atoms with E-state index in [0.29, 0.717) is 18.0 Å². The zero-order chi connectivity index (χ0) is 19.7. The van der Waals surface area contributed by atoms with E-state index in [1.165, 1.54) is 13.2 Å². The molecule has 1 aromatic carbocycles. The molecule has 1 aromatic heterocycles. The van der Waals surface area contributed by atoms with Gasteiger partial charge in [-0.1, -0.05) is 12.1 Å². The molecule has 0 spiro atoms. The van der Waals surface area contributed by atoms with E-state index in [4.69, 9.17) is 9.47 Å². The van der Waals surface area contributed by atoms with Crippen molar-refractivity contribution >= 4 is 31.0 Å². The number of ether oxygens (including phenoxy) is 2. The Morgan fingerprint density at radius 3 is 2.52 bits per heavy atom. The molecule has 27 heavy (non-hydrogen) atoms. The van der Waals surface area contributed by atoms with Gasteiger partial charge in [0.15, 0.2) is 31.2 Å². The van der Waals surface area contributed by atoms with Gasteiger partial charge in [0.25, 0.3) is 0 Å². The van der Waals surface area contributed by atoms with Crippen molar-refractivity contribution in [2.45, 2.75) is 22.0 Å². The molecule has 0 radical (unpaired) electrons. The molecule has 0 saturated carbocycles. The maximum Gasteiger partial charge on any atom is 0.193 e. The first kappa shape index (κ1) is 20.1. The van der Waals surface area contributed by atoms with E-state index in [1.54, 1.807) is 30.7 Å². The van der Waals surface area contributed by atoms with Crippen LogP contribution < -0.4 is 14.8 Å². The molecule has 1 aliphatic rings. The van der Waals surface area contributed by atoms with Gasteiger partial charge in [0.05, 0.1) is 31.0 Å². The number of nitrogens with one attached hydrogen (secondary N) is 1. The van der Waals surface area contributed by atoms with Gasteiger partial charge in [-0.2, -0.15) is 0 Å². The van der Waals surface area contributed by atoms with Gasteiger partial charge in [0.2, 0.25) is 0 Å². The van der Waals surface area contributed by atoms with Crippen LogP contribution in [0.15, 0.2) is 39.9 Å². The molecule has 1 N–H and O–H groups in total. The lowest BCUT2D eigenvalue weighted by Gasteiger charge is -2.19. The Morgan fingerprint density at radius 1 is 1.15 bits per heavy atom. The number of benzene rings is 1. The molecule has 1 fully saturated rings. The fourth-order valence-corrected chi connectivity index (χ4v) is 9.07. The molecular weight excluding hydrogens is 410 g/mol. The van der Waals surface area contributed by atoms with Gasteiger partial charge in [-0.15, -0.1) is 11.3 Å². The summed E-state index contributed by atoms with van der Waals surface area (Å²) in [5.74, 6) is 0.577. The Balaban J connectivity index is 1.80. The molecule has 2 heterocycles. The monoisotopic (exact) mass is 431 g/mol. The SMILES string of the molecule is COc1ccc(CN[C@@H]2CS(=O)(=O)C[C@H]2S(=O)(=O)c2cccs2)cc1OC. The minimum absolute atomic E-state index is 0.197. The number of sulfone groups is 2. The summed E-state index contributed by atoms with van der Waals surface area (Å²) in [5.41, 5.74) is 0.837. The zero-order valence-corrected chi connectivity index (χ0v) is 17.4. The largest absolute Gasteiger partial charge is 0.493 e. The summed E-state index contributed by atoms with van der Waals surface area (Å²) in [6.45, 7) is 0.316. The number of hydrogen-bond acceptors (Lipinski definition) is 8. The Bertz CT molecular complexity index is 999. The Hall–Kier alpha value is -1.62. The maximum atomic E-state index is 12.9. The van der Waals surface area contributed by atoms with E-state index in [9.17, 15) is 16.8 Å². The van der Waals surface area contributed by atoms with E-state index in [0.717, 1.165) is 16.9 Å². The van der Waals surface area contributed by atoms with Crippen molar-refractivity contribution in [1.29, 1.82) is 0 Å². The molecule has 3 rings (SSSR count). The number of methoxy groups -OCH3 is 2. The van der Waals surface area contributed by atoms with Crippen LogP contribution in [0.5, 0.6) is 11.5 Å². The van der Waals surface area contributed by atoms with E-state index in [1.807, 2.05) is 6.07 Å². The molecule has 148 valence electrons. The summed E-state index contributed by atoms with van der Waals surface area (Å²) in [6, 6.07) is 7.83. The Morgan fingerprint density at radius 2 is 1.89 bits per heavy atom. The summed E-state index contributed by atoms with van der Waals surface area (Å²) in [7, 11) is -4.07. The molecule has 2 aromatic rings. The van der Waals surface area contributed by atoms with Gasteiger partial charge in [0.1, 0.15) is 4.21 Å². The molecule has 1 saturated heterocycles. The van der Waals surface area contributed by atoms with Crippen LogP contribution in [0.3, 0.4) is 0 Å². The smallest absolute Gasteiger partial charge is 0.193 e. The van der Waals surface area contributed by atoms with Crippen molar-refractivity contribution in [1.82, 2.24) is 5.32 Å². The first-order valence-electron chi connectivity index (χ1n) is 8.19. The molecule has 10 heteroatoms. The van der Waals surface area contributed by atoms with Gasteiger partial charge in [0, 0.05) is 12.6 Å². The van der Waals surface area contributed by atoms with E-state index in [2.05, 4.69) is 5.32 Å². The fourth-order valence-electron chi connectivity index (χ4n) is 3.13. The van der Waals surface area contributed by atoms with Gasteiger partial charge >= 0.3 is 0 Å². The Labute approximate surface area is 163 Å². The quantitative estimate of drug-likeness (QED) is 0.709. The average Bonchev–Trinajstić information content (AvgIpc) is 3.28. The van der Waals surface area contributed by atoms with Gasteiger partial charge in [-0.25, -0.2) is 16.8 Å². The predicted octanol–water partition coefficient (Wildman–Crippen LogP) is 1.49. The lowest BCUT2D eigenvalue weighted by Crippen LogP contribution is -2.42. The highest BCUT2D eigenvalue weighted by Gasteiger charge is 2.45. The van der Waals surface area contributed by atoms with Crippen LogP contribution in [0.1, 0.15) is 5.56 Å². The van der Waals surface area contributed by atoms with Crippen molar-refractivity contribution < 1.29 is 26.3 Å². The minimum Gasteiger partial charge on any atom is -0.493 e. The summed E-state index contributed by atoms with van der Waals surface area (Å²) < 4.78 is 60.6. The lowest BCUT2D eigenvalue weighted by atomic mass is 10.1. The van der Waals surface area contributed by atoms with Crippen molar-refractivity contribution in [3.05, 3.63) is 41.3 Å². The predicted molar refractivity (Wildman–Crippen MR) is 104 cm³/mol. The molecule has 0 amide bonds. The molecule has 0 bridgehead atoms. The third-order valence-corrected chi connectivity index (χ3v) is 10.1. The first-order chi connectivity index (χ1) is 12.8. The number of hydrogen-bond donors (Lipinski definition) is 1. The third-order valence-electron chi connectivity index (χ3n) is 4.49. The minimum atomic E-state index is -3.71. The molecule has 0 unspecified atom stereocenters. The standard InChI is InChI=1S/C17H21NO6S3/c1-23-14-6-5-12(8-15(14)24-2)9-18-13-10-26(19,20)11-16(13)27(21,22)17-4-3-7-25-17/h3-8,13,16,18H,9-11H2,1-2H3/t13-,16-/m1/s1. The highest BCUT2D eigenvalue weighted by molar-refractivity contribution is 7.97. The number of rotatable bonds is 7. The molecule has 1 aliphatic heterocycles. The molecule has 0 aliphatic carbocycles. The van der Waals surface area contributed by atoms with Crippen LogP contribution in [0.25, 0.3) is 0 Å². The van der Waals surface area contributed by atoms with Crippen LogP contribution in [-0.2, 0) is 26.2 Å². The van der Waals surface area contributed by atoms with Crippen molar-refractivity contribution in [2.24, 2.45) is 0 Å². The van der Waals surface area contributed by atoms with E-state index < -0.39 is 31.0 Å². The second-order valence-corrected chi connectivity index (χ2v) is 11.8. The van der Waals surface area contributed by atoms with Crippen LogP contribution in [-0.4, -0.2) is 53.9 Å². The summed E-state index contributed by atoms with van der Waals surface area (Å²) in [6.07, 6.45) is 0. The van der Waals surface area contributed by atoms with E-state index >= 15 is 0 Å². The third kappa shape index (κ3) is 4.29. The first-order valence-corrected chi connectivity index (χ1v) is 12.4. The van der Waals surface area contributed by atoms with Gasteiger partial charge < -0.3 is 14.8 Å².